The summed E-state index contributed by atoms with van der Waals surface area (Å²) in [5.41, 5.74) is 2.29. The van der Waals surface area contributed by atoms with Gasteiger partial charge in [-0.25, -0.2) is 0 Å². The van der Waals surface area contributed by atoms with Crippen LogP contribution in [0.1, 0.15) is 30.6 Å². The molecule has 148 valence electrons. The van der Waals surface area contributed by atoms with E-state index in [0.29, 0.717) is 28.8 Å². The number of nitrogens with one attached hydrogen (secondary N) is 1. The minimum atomic E-state index is -0.368. The highest BCUT2D eigenvalue weighted by Gasteiger charge is 2.35. The number of likely N-dealkylation sites (tertiary alicyclic amines) is 1. The van der Waals surface area contributed by atoms with Gasteiger partial charge in [-0.3, -0.25) is 14.4 Å². The molecule has 8 heteroatoms. The van der Waals surface area contributed by atoms with Crippen LogP contribution in [0.15, 0.2) is 48.5 Å². The van der Waals surface area contributed by atoms with Crippen molar-refractivity contribution in [2.24, 2.45) is 5.92 Å². The Labute approximate surface area is 167 Å². The molecule has 0 spiro atoms. The summed E-state index contributed by atoms with van der Waals surface area (Å²) in [7, 11) is 0. The van der Waals surface area contributed by atoms with E-state index in [0.717, 1.165) is 0 Å². The monoisotopic (exact) mass is 391 g/mol. The normalized spacial score (nSPS) is 16.6. The van der Waals surface area contributed by atoms with Gasteiger partial charge in [-0.05, 0) is 50.2 Å². The van der Waals surface area contributed by atoms with Crippen molar-refractivity contribution in [2.45, 2.75) is 26.3 Å². The molecule has 0 saturated carbocycles. The Morgan fingerprint density at radius 1 is 1.10 bits per heavy atom. The number of aromatic nitrogens is 3. The van der Waals surface area contributed by atoms with E-state index in [1.54, 1.807) is 41.3 Å². The molecule has 1 atom stereocenters. The zero-order valence-corrected chi connectivity index (χ0v) is 16.2. The summed E-state index contributed by atoms with van der Waals surface area (Å²) in [4.78, 5) is 39.0. The van der Waals surface area contributed by atoms with Gasteiger partial charge >= 0.3 is 0 Å². The van der Waals surface area contributed by atoms with Crippen LogP contribution in [0.25, 0.3) is 11.0 Å². The van der Waals surface area contributed by atoms with E-state index in [9.17, 15) is 14.4 Å². The maximum atomic E-state index is 12.7. The fraction of sp³-hybridized carbons (Fsp3) is 0.286. The van der Waals surface area contributed by atoms with E-state index in [1.165, 1.54) is 4.68 Å². The maximum Gasteiger partial charge on any atom is 0.280 e. The van der Waals surface area contributed by atoms with Gasteiger partial charge in [-0.2, -0.15) is 4.68 Å². The maximum absolute atomic E-state index is 12.7. The second kappa shape index (κ2) is 7.46. The summed E-state index contributed by atoms with van der Waals surface area (Å²) < 4.78 is 1.26. The predicted molar refractivity (Wildman–Crippen MR) is 107 cm³/mol. The third-order valence-electron chi connectivity index (χ3n) is 5.10. The van der Waals surface area contributed by atoms with Gasteiger partial charge in [-0.15, -0.1) is 5.10 Å². The minimum absolute atomic E-state index is 0.00107. The van der Waals surface area contributed by atoms with Gasteiger partial charge in [0.05, 0.1) is 11.4 Å². The Balaban J connectivity index is 1.45. The molecule has 1 fully saturated rings. The lowest BCUT2D eigenvalue weighted by Gasteiger charge is -2.20. The van der Waals surface area contributed by atoms with E-state index in [-0.39, 0.29) is 36.1 Å². The van der Waals surface area contributed by atoms with Gasteiger partial charge in [-0.1, -0.05) is 17.3 Å². The summed E-state index contributed by atoms with van der Waals surface area (Å²) in [6.07, 6.45) is 0.222. The summed E-state index contributed by atoms with van der Waals surface area (Å²) >= 11 is 0. The highest BCUT2D eigenvalue weighted by atomic mass is 16.2. The largest absolute Gasteiger partial charge is 0.339 e. The third kappa shape index (κ3) is 3.61. The Kier molecular flexibility index (Phi) is 4.84. The van der Waals surface area contributed by atoms with Crippen LogP contribution in [0.5, 0.6) is 0 Å². The molecule has 8 nitrogen and oxygen atoms in total. The first-order valence-electron chi connectivity index (χ1n) is 9.49. The number of carbonyl (C=O) groups excluding carboxylic acids is 3. The summed E-state index contributed by atoms with van der Waals surface area (Å²) in [5.74, 6) is -0.859. The van der Waals surface area contributed by atoms with Crippen LogP contribution in [0, 0.1) is 5.92 Å². The average Bonchev–Trinajstić information content (AvgIpc) is 3.32. The molecule has 1 saturated heterocycles. The number of nitrogens with zero attached hydrogens (tertiary/aromatic N) is 4. The van der Waals surface area contributed by atoms with Crippen molar-refractivity contribution >= 4 is 34.4 Å². The van der Waals surface area contributed by atoms with Crippen LogP contribution < -0.4 is 5.32 Å². The lowest BCUT2D eigenvalue weighted by atomic mass is 10.1. The molecule has 1 unspecified atom stereocenters. The fourth-order valence-corrected chi connectivity index (χ4v) is 3.49. The van der Waals surface area contributed by atoms with Gasteiger partial charge in [0, 0.05) is 30.3 Å². The number of carbonyl (C=O) groups is 3. The van der Waals surface area contributed by atoms with Crippen LogP contribution in [-0.4, -0.2) is 50.2 Å². The number of anilines is 1. The molecule has 1 N–H and O–H groups in total. The van der Waals surface area contributed by atoms with Crippen molar-refractivity contribution in [1.82, 2.24) is 19.9 Å². The average molecular weight is 391 g/mol. The molecule has 1 aliphatic heterocycles. The predicted octanol–water partition coefficient (Wildman–Crippen LogP) is 2.32. The second-order valence-corrected chi connectivity index (χ2v) is 7.40. The smallest absolute Gasteiger partial charge is 0.280 e. The SMILES string of the molecule is CC(C)N1CC(C(=O)Nc2ccc(C(=O)n3nnc4ccccc43)cc2)CC1=O. The van der Waals surface area contributed by atoms with Crippen molar-refractivity contribution in [1.29, 1.82) is 0 Å². The van der Waals surface area contributed by atoms with Crippen molar-refractivity contribution in [3.8, 4) is 0 Å². The molecule has 1 aromatic heterocycles. The molecule has 4 rings (SSSR count). The van der Waals surface area contributed by atoms with Gasteiger partial charge in [0.15, 0.2) is 0 Å². The summed E-state index contributed by atoms with van der Waals surface area (Å²) in [6.45, 7) is 4.30. The quantitative estimate of drug-likeness (QED) is 0.736. The first-order chi connectivity index (χ1) is 13.9. The topological polar surface area (TPSA) is 97.2 Å². The summed E-state index contributed by atoms with van der Waals surface area (Å²) in [5, 5.41) is 10.8. The Morgan fingerprint density at radius 2 is 1.83 bits per heavy atom. The number of hydrogen-bond donors (Lipinski definition) is 1. The Morgan fingerprint density at radius 3 is 2.52 bits per heavy atom. The van der Waals surface area contributed by atoms with Crippen LogP contribution in [-0.2, 0) is 9.59 Å². The van der Waals surface area contributed by atoms with Gasteiger partial charge in [0.2, 0.25) is 11.8 Å². The minimum Gasteiger partial charge on any atom is -0.339 e. The Hall–Kier alpha value is -3.55. The molecular formula is C21H21N5O3. The zero-order chi connectivity index (χ0) is 20.5. The number of hydrogen-bond acceptors (Lipinski definition) is 5. The molecule has 0 bridgehead atoms. The Bertz CT molecular complexity index is 1090. The molecule has 3 aromatic rings. The number of rotatable bonds is 4. The van der Waals surface area contributed by atoms with E-state index in [2.05, 4.69) is 15.6 Å². The molecule has 2 amide bonds. The van der Waals surface area contributed by atoms with Crippen molar-refractivity contribution in [3.05, 3.63) is 54.1 Å². The lowest BCUT2D eigenvalue weighted by molar-refractivity contribution is -0.129. The number of benzene rings is 2. The van der Waals surface area contributed by atoms with Crippen LogP contribution in [0.4, 0.5) is 5.69 Å². The van der Waals surface area contributed by atoms with E-state index in [4.69, 9.17) is 0 Å². The van der Waals surface area contributed by atoms with E-state index < -0.39 is 0 Å². The van der Waals surface area contributed by atoms with E-state index in [1.807, 2.05) is 26.0 Å². The number of para-hydroxylation sites is 1. The number of amides is 2. The summed E-state index contributed by atoms with van der Waals surface area (Å²) in [6, 6.07) is 13.9. The highest BCUT2D eigenvalue weighted by Crippen LogP contribution is 2.22. The fourth-order valence-electron chi connectivity index (χ4n) is 3.49. The first kappa shape index (κ1) is 18.8. The van der Waals surface area contributed by atoms with Crippen molar-refractivity contribution in [2.75, 3.05) is 11.9 Å². The standard InChI is InChI=1S/C21H21N5O3/c1-13(2)25-12-15(11-19(25)27)20(28)22-16-9-7-14(8-10-16)21(29)26-18-6-4-3-5-17(18)23-24-26/h3-10,13,15H,11-12H2,1-2H3,(H,22,28). The van der Waals surface area contributed by atoms with Gasteiger partial charge < -0.3 is 10.2 Å². The molecule has 0 aliphatic carbocycles. The molecular weight excluding hydrogens is 370 g/mol. The van der Waals surface area contributed by atoms with E-state index >= 15 is 0 Å². The van der Waals surface area contributed by atoms with Crippen LogP contribution in [0.3, 0.4) is 0 Å². The second-order valence-electron chi connectivity index (χ2n) is 7.40. The molecule has 2 heterocycles. The zero-order valence-electron chi connectivity index (χ0n) is 16.2. The van der Waals surface area contributed by atoms with Crippen molar-refractivity contribution in [3.63, 3.8) is 0 Å². The van der Waals surface area contributed by atoms with Crippen molar-refractivity contribution < 1.29 is 14.4 Å². The molecule has 2 aromatic carbocycles. The third-order valence-corrected chi connectivity index (χ3v) is 5.10. The van der Waals surface area contributed by atoms with Gasteiger partial charge in [0.25, 0.3) is 5.91 Å². The molecule has 1 aliphatic rings. The lowest BCUT2D eigenvalue weighted by Crippen LogP contribution is -2.33. The molecule has 0 radical (unpaired) electrons. The van der Waals surface area contributed by atoms with Crippen LogP contribution in [0.2, 0.25) is 0 Å². The molecule has 29 heavy (non-hydrogen) atoms. The highest BCUT2D eigenvalue weighted by molar-refractivity contribution is 6.01. The van der Waals surface area contributed by atoms with Gasteiger partial charge in [0.1, 0.15) is 5.52 Å². The first-order valence-corrected chi connectivity index (χ1v) is 9.49. The number of fused-ring (bicyclic) bond motifs is 1. The van der Waals surface area contributed by atoms with Crippen LogP contribution >= 0.6 is 0 Å².